The van der Waals surface area contributed by atoms with Gasteiger partial charge >= 0.3 is 6.18 Å². The van der Waals surface area contributed by atoms with Gasteiger partial charge in [-0.05, 0) is 43.0 Å². The maximum absolute atomic E-state index is 13.4. The van der Waals surface area contributed by atoms with Crippen LogP contribution >= 0.6 is 11.6 Å². The van der Waals surface area contributed by atoms with Crippen LogP contribution in [0.4, 0.5) is 18.9 Å². The number of carbonyl (C=O) groups is 2. The van der Waals surface area contributed by atoms with Crippen molar-refractivity contribution in [1.82, 2.24) is 10.2 Å². The Balaban J connectivity index is 2.41. The Bertz CT molecular complexity index is 1190. The Morgan fingerprint density at radius 1 is 1.05 bits per heavy atom. The van der Waals surface area contributed by atoms with Crippen LogP contribution in [0, 0.1) is 5.92 Å². The fourth-order valence-corrected chi connectivity index (χ4v) is 4.62. The normalized spacial score (nSPS) is 12.8. The van der Waals surface area contributed by atoms with Crippen LogP contribution < -0.4 is 9.62 Å². The van der Waals surface area contributed by atoms with E-state index in [2.05, 4.69) is 5.32 Å². The predicted molar refractivity (Wildman–Crippen MR) is 138 cm³/mol. The number of rotatable bonds is 11. The quantitative estimate of drug-likeness (QED) is 0.442. The first kappa shape index (κ1) is 30.4. The van der Waals surface area contributed by atoms with Crippen molar-refractivity contribution in [2.45, 2.75) is 39.4 Å². The van der Waals surface area contributed by atoms with E-state index in [1.807, 2.05) is 44.2 Å². The monoisotopic (exact) mass is 561 g/mol. The molecule has 2 aromatic carbocycles. The second kappa shape index (κ2) is 12.6. The van der Waals surface area contributed by atoms with Crippen LogP contribution in [0.5, 0.6) is 0 Å². The average Bonchev–Trinajstić information content (AvgIpc) is 2.80. The summed E-state index contributed by atoms with van der Waals surface area (Å²) in [6.07, 6.45) is -3.61. The van der Waals surface area contributed by atoms with Gasteiger partial charge in [-0.1, -0.05) is 55.8 Å². The maximum atomic E-state index is 13.4. The van der Waals surface area contributed by atoms with E-state index in [1.54, 1.807) is 0 Å². The van der Waals surface area contributed by atoms with Crippen molar-refractivity contribution >= 4 is 39.1 Å². The van der Waals surface area contributed by atoms with Crippen LogP contribution in [0.1, 0.15) is 31.9 Å². The highest BCUT2D eigenvalue weighted by molar-refractivity contribution is 7.92. The molecule has 0 saturated carbocycles. The molecule has 0 saturated heterocycles. The Labute approximate surface area is 220 Å². The first-order valence-electron chi connectivity index (χ1n) is 11.6. The molecule has 0 aromatic heterocycles. The molecule has 0 fully saturated rings. The number of alkyl halides is 3. The summed E-state index contributed by atoms with van der Waals surface area (Å²) < 4.78 is 65.6. The number of carbonyl (C=O) groups excluding carboxylic acids is 2. The lowest BCUT2D eigenvalue weighted by atomic mass is 10.1. The second-order valence-corrected chi connectivity index (χ2v) is 11.4. The molecule has 12 heteroatoms. The fraction of sp³-hybridized carbons (Fsp3) is 0.440. The third kappa shape index (κ3) is 8.92. The third-order valence-corrected chi connectivity index (χ3v) is 7.00. The molecule has 2 aromatic rings. The zero-order valence-corrected chi connectivity index (χ0v) is 22.6. The highest BCUT2D eigenvalue weighted by Gasteiger charge is 2.34. The molecular formula is C25H31ClF3N3O4S. The van der Waals surface area contributed by atoms with Crippen molar-refractivity contribution in [2.75, 3.05) is 30.2 Å². The summed E-state index contributed by atoms with van der Waals surface area (Å²) in [4.78, 5) is 27.5. The van der Waals surface area contributed by atoms with E-state index in [1.165, 1.54) is 11.8 Å². The van der Waals surface area contributed by atoms with Gasteiger partial charge in [0.2, 0.25) is 21.8 Å². The summed E-state index contributed by atoms with van der Waals surface area (Å²) in [7, 11) is -4.23. The minimum Gasteiger partial charge on any atom is -0.354 e. The number of amides is 2. The molecule has 0 heterocycles. The Hall–Kier alpha value is -2.79. The highest BCUT2D eigenvalue weighted by atomic mass is 35.5. The standard InChI is InChI=1S/C25H31ClF3N3O4S/c1-17(2)15-30-24(34)18(3)31(13-12-19-8-6-5-7-9-19)23(33)16-32(37(4,35)36)22-14-20(25(27,28)29)10-11-21(22)26/h5-11,14,17-18H,12-13,15-16H2,1-4H3,(H,30,34)/t18-/m0/s1. The van der Waals surface area contributed by atoms with Gasteiger partial charge in [0, 0.05) is 13.1 Å². The lowest BCUT2D eigenvalue weighted by Gasteiger charge is -2.32. The van der Waals surface area contributed by atoms with Gasteiger partial charge in [0.1, 0.15) is 12.6 Å². The molecule has 0 aliphatic rings. The summed E-state index contributed by atoms with van der Waals surface area (Å²) in [5.74, 6) is -1.03. The van der Waals surface area contributed by atoms with Crippen molar-refractivity contribution in [3.8, 4) is 0 Å². The molecule has 0 bridgehead atoms. The lowest BCUT2D eigenvalue weighted by Crippen LogP contribution is -2.52. The number of nitrogens with one attached hydrogen (secondary N) is 1. The number of halogens is 4. The lowest BCUT2D eigenvalue weighted by molar-refractivity contribution is -0.138. The van der Waals surface area contributed by atoms with E-state index in [0.29, 0.717) is 23.3 Å². The highest BCUT2D eigenvalue weighted by Crippen LogP contribution is 2.36. The van der Waals surface area contributed by atoms with E-state index in [9.17, 15) is 31.2 Å². The topological polar surface area (TPSA) is 86.8 Å². The van der Waals surface area contributed by atoms with Gasteiger partial charge in [-0.15, -0.1) is 0 Å². The number of sulfonamides is 1. The number of hydrogen-bond acceptors (Lipinski definition) is 4. The Kier molecular flexibility index (Phi) is 10.4. The van der Waals surface area contributed by atoms with Crippen LogP contribution in [0.3, 0.4) is 0 Å². The van der Waals surface area contributed by atoms with Crippen molar-refractivity contribution in [1.29, 1.82) is 0 Å². The van der Waals surface area contributed by atoms with Crippen molar-refractivity contribution in [3.63, 3.8) is 0 Å². The first-order valence-corrected chi connectivity index (χ1v) is 13.8. The van der Waals surface area contributed by atoms with Gasteiger partial charge in [0.05, 0.1) is 22.5 Å². The van der Waals surface area contributed by atoms with E-state index < -0.39 is 51.9 Å². The van der Waals surface area contributed by atoms with E-state index >= 15 is 0 Å². The smallest absolute Gasteiger partial charge is 0.354 e. The molecule has 7 nitrogen and oxygen atoms in total. The largest absolute Gasteiger partial charge is 0.416 e. The van der Waals surface area contributed by atoms with E-state index in [0.717, 1.165) is 24.0 Å². The van der Waals surface area contributed by atoms with Gasteiger partial charge in [0.25, 0.3) is 0 Å². The van der Waals surface area contributed by atoms with Crippen LogP contribution in [0.2, 0.25) is 5.02 Å². The van der Waals surface area contributed by atoms with E-state index in [4.69, 9.17) is 11.6 Å². The molecule has 0 spiro atoms. The van der Waals surface area contributed by atoms with Crippen molar-refractivity contribution in [2.24, 2.45) is 5.92 Å². The van der Waals surface area contributed by atoms with Crippen molar-refractivity contribution in [3.05, 3.63) is 64.7 Å². The summed E-state index contributed by atoms with van der Waals surface area (Å²) in [5, 5.41) is 2.48. The Morgan fingerprint density at radius 3 is 2.22 bits per heavy atom. The molecule has 1 N–H and O–H groups in total. The summed E-state index contributed by atoms with van der Waals surface area (Å²) in [6, 6.07) is 10.4. The number of anilines is 1. The summed E-state index contributed by atoms with van der Waals surface area (Å²) in [5.41, 5.74) is -0.710. The van der Waals surface area contributed by atoms with Gasteiger partial charge < -0.3 is 10.2 Å². The molecule has 2 rings (SSSR count). The molecule has 2 amide bonds. The fourth-order valence-electron chi connectivity index (χ4n) is 3.50. The molecule has 37 heavy (non-hydrogen) atoms. The van der Waals surface area contributed by atoms with Gasteiger partial charge in [-0.3, -0.25) is 13.9 Å². The minimum absolute atomic E-state index is 0.0764. The number of hydrogen-bond donors (Lipinski definition) is 1. The molecule has 0 aliphatic heterocycles. The second-order valence-electron chi connectivity index (χ2n) is 9.07. The summed E-state index contributed by atoms with van der Waals surface area (Å²) >= 11 is 6.07. The van der Waals surface area contributed by atoms with Crippen LogP contribution in [-0.4, -0.2) is 57.1 Å². The van der Waals surface area contributed by atoms with Gasteiger partial charge in [-0.25, -0.2) is 8.42 Å². The predicted octanol–water partition coefficient (Wildman–Crippen LogP) is 4.36. The van der Waals surface area contributed by atoms with Gasteiger partial charge in [0.15, 0.2) is 0 Å². The van der Waals surface area contributed by atoms with E-state index in [-0.39, 0.29) is 17.5 Å². The van der Waals surface area contributed by atoms with Gasteiger partial charge in [-0.2, -0.15) is 13.2 Å². The molecule has 0 aliphatic carbocycles. The van der Waals surface area contributed by atoms with Crippen LogP contribution in [0.15, 0.2) is 48.5 Å². The zero-order valence-electron chi connectivity index (χ0n) is 21.0. The molecule has 204 valence electrons. The van der Waals surface area contributed by atoms with Crippen LogP contribution in [0.25, 0.3) is 0 Å². The number of nitrogens with zero attached hydrogens (tertiary/aromatic N) is 2. The van der Waals surface area contributed by atoms with Crippen LogP contribution in [-0.2, 0) is 32.2 Å². The first-order chi connectivity index (χ1) is 17.1. The molecule has 0 radical (unpaired) electrons. The minimum atomic E-state index is -4.75. The molecular weight excluding hydrogens is 531 g/mol. The molecule has 0 unspecified atom stereocenters. The average molecular weight is 562 g/mol. The zero-order chi connectivity index (χ0) is 28.0. The summed E-state index contributed by atoms with van der Waals surface area (Å²) in [6.45, 7) is 4.95. The van der Waals surface area contributed by atoms with Crippen molar-refractivity contribution < 1.29 is 31.2 Å². The Morgan fingerprint density at radius 2 is 1.68 bits per heavy atom. The third-order valence-electron chi connectivity index (χ3n) is 5.56. The number of benzene rings is 2. The molecule has 1 atom stereocenters. The SMILES string of the molecule is CC(C)CNC(=O)[C@H](C)N(CCc1ccccc1)C(=O)CN(c1cc(C(F)(F)F)ccc1Cl)S(C)(=O)=O. The maximum Gasteiger partial charge on any atom is 0.416 e.